The topological polar surface area (TPSA) is 64.8 Å². The third kappa shape index (κ3) is 7.39. The molecule has 0 radical (unpaired) electrons. The Morgan fingerprint density at radius 3 is 2.68 bits per heavy atom. The standard InChI is InChI=1S/C19H27F3N2O3.ClH/c1-13(23)15-4-3-9-24(11-15)18(25)8-6-14-5-7-16(17(10-14)26-2)27-12-19(20,21)22;/h5,7,10,13,15H,3-4,6,8-9,11-12,23H2,1-2H3;1H. The number of ether oxygens (including phenoxy) is 2. The highest BCUT2D eigenvalue weighted by molar-refractivity contribution is 5.85. The van der Waals surface area contributed by atoms with E-state index in [0.717, 1.165) is 24.9 Å². The predicted molar refractivity (Wildman–Crippen MR) is 103 cm³/mol. The van der Waals surface area contributed by atoms with Crippen LogP contribution in [0.25, 0.3) is 0 Å². The summed E-state index contributed by atoms with van der Waals surface area (Å²) in [7, 11) is 1.37. The number of amides is 1. The largest absolute Gasteiger partial charge is 0.493 e. The van der Waals surface area contributed by atoms with E-state index in [1.165, 1.54) is 13.2 Å². The van der Waals surface area contributed by atoms with Gasteiger partial charge in [0, 0.05) is 25.6 Å². The molecule has 1 fully saturated rings. The number of methoxy groups -OCH3 is 1. The summed E-state index contributed by atoms with van der Waals surface area (Å²) in [5.74, 6) is 0.643. The van der Waals surface area contributed by atoms with Crippen LogP contribution in [0.3, 0.4) is 0 Å². The minimum atomic E-state index is -4.41. The third-order valence-corrected chi connectivity index (χ3v) is 4.80. The number of nitrogens with two attached hydrogens (primary N) is 1. The molecule has 0 aliphatic carbocycles. The van der Waals surface area contributed by atoms with Gasteiger partial charge in [-0.15, -0.1) is 12.4 Å². The Labute approximate surface area is 169 Å². The number of carbonyl (C=O) groups excluding carboxylic acids is 1. The minimum absolute atomic E-state index is 0. The van der Waals surface area contributed by atoms with E-state index in [1.54, 1.807) is 12.1 Å². The first kappa shape index (κ1) is 24.4. The molecule has 1 amide bonds. The molecular weight excluding hydrogens is 397 g/mol. The molecule has 28 heavy (non-hydrogen) atoms. The van der Waals surface area contributed by atoms with Gasteiger partial charge in [-0.05, 0) is 49.8 Å². The van der Waals surface area contributed by atoms with Gasteiger partial charge in [-0.1, -0.05) is 6.07 Å². The molecule has 2 rings (SSSR count). The molecular formula is C19H28ClF3N2O3. The van der Waals surface area contributed by atoms with Crippen molar-refractivity contribution in [2.45, 2.75) is 44.8 Å². The molecule has 1 saturated heterocycles. The number of piperidine rings is 1. The SMILES string of the molecule is COc1cc(CCC(=O)N2CCCC(C(C)N)C2)ccc1OCC(F)(F)F.Cl. The van der Waals surface area contributed by atoms with Crippen LogP contribution < -0.4 is 15.2 Å². The van der Waals surface area contributed by atoms with Crippen molar-refractivity contribution in [1.29, 1.82) is 0 Å². The first-order valence-electron chi connectivity index (χ1n) is 9.09. The fraction of sp³-hybridized carbons (Fsp3) is 0.632. The monoisotopic (exact) mass is 424 g/mol. The Kier molecular flexibility index (Phi) is 9.36. The van der Waals surface area contributed by atoms with Crippen molar-refractivity contribution in [1.82, 2.24) is 4.90 Å². The summed E-state index contributed by atoms with van der Waals surface area (Å²) >= 11 is 0. The van der Waals surface area contributed by atoms with E-state index in [-0.39, 0.29) is 35.9 Å². The van der Waals surface area contributed by atoms with Crippen molar-refractivity contribution in [2.24, 2.45) is 11.7 Å². The molecule has 1 aliphatic heterocycles. The number of hydrogen-bond donors (Lipinski definition) is 1. The van der Waals surface area contributed by atoms with Gasteiger partial charge in [0.25, 0.3) is 0 Å². The Bertz CT molecular complexity index is 641. The molecule has 0 bridgehead atoms. The fourth-order valence-electron chi connectivity index (χ4n) is 3.22. The maximum atomic E-state index is 12.5. The predicted octanol–water partition coefficient (Wildman–Crippen LogP) is 3.58. The second kappa shape index (κ2) is 10.8. The summed E-state index contributed by atoms with van der Waals surface area (Å²) < 4.78 is 46.8. The highest BCUT2D eigenvalue weighted by Crippen LogP contribution is 2.30. The smallest absolute Gasteiger partial charge is 0.422 e. The van der Waals surface area contributed by atoms with Crippen molar-refractivity contribution >= 4 is 18.3 Å². The van der Waals surface area contributed by atoms with Gasteiger partial charge < -0.3 is 20.1 Å². The maximum absolute atomic E-state index is 12.5. The van der Waals surface area contributed by atoms with Crippen LogP contribution >= 0.6 is 12.4 Å². The molecule has 0 aromatic heterocycles. The fourth-order valence-corrected chi connectivity index (χ4v) is 3.22. The van der Waals surface area contributed by atoms with Crippen LogP contribution in [0.5, 0.6) is 11.5 Å². The van der Waals surface area contributed by atoms with Crippen molar-refractivity contribution in [3.63, 3.8) is 0 Å². The average molecular weight is 425 g/mol. The second-order valence-corrected chi connectivity index (χ2v) is 6.99. The highest BCUT2D eigenvalue weighted by Gasteiger charge is 2.29. The van der Waals surface area contributed by atoms with E-state index in [0.29, 0.717) is 25.3 Å². The van der Waals surface area contributed by atoms with Gasteiger partial charge in [0.05, 0.1) is 7.11 Å². The quantitative estimate of drug-likeness (QED) is 0.726. The lowest BCUT2D eigenvalue weighted by molar-refractivity contribution is -0.153. The van der Waals surface area contributed by atoms with E-state index >= 15 is 0 Å². The van der Waals surface area contributed by atoms with Crippen LogP contribution in [0.1, 0.15) is 31.7 Å². The number of rotatable bonds is 7. The molecule has 2 N–H and O–H groups in total. The van der Waals surface area contributed by atoms with Crippen molar-refractivity contribution in [3.05, 3.63) is 23.8 Å². The van der Waals surface area contributed by atoms with Gasteiger partial charge in [0.2, 0.25) is 5.91 Å². The molecule has 1 aromatic rings. The Hall–Kier alpha value is -1.67. The molecule has 0 saturated carbocycles. The summed E-state index contributed by atoms with van der Waals surface area (Å²) in [4.78, 5) is 14.3. The first-order valence-corrected chi connectivity index (χ1v) is 9.09. The van der Waals surface area contributed by atoms with E-state index in [1.807, 2.05) is 11.8 Å². The molecule has 160 valence electrons. The Morgan fingerprint density at radius 2 is 2.07 bits per heavy atom. The molecule has 1 heterocycles. The number of hydrogen-bond acceptors (Lipinski definition) is 4. The molecule has 2 unspecified atom stereocenters. The third-order valence-electron chi connectivity index (χ3n) is 4.80. The van der Waals surface area contributed by atoms with Crippen LogP contribution in [-0.4, -0.2) is 49.8 Å². The Balaban J connectivity index is 0.00000392. The van der Waals surface area contributed by atoms with Gasteiger partial charge in [-0.2, -0.15) is 13.2 Å². The molecule has 1 aliphatic rings. The van der Waals surface area contributed by atoms with Gasteiger partial charge in [-0.25, -0.2) is 0 Å². The first-order chi connectivity index (χ1) is 12.7. The summed E-state index contributed by atoms with van der Waals surface area (Å²) in [6.07, 6.45) is -1.61. The zero-order valence-corrected chi connectivity index (χ0v) is 16.9. The van der Waals surface area contributed by atoms with Crippen molar-refractivity contribution in [2.75, 3.05) is 26.8 Å². The van der Waals surface area contributed by atoms with Crippen LogP contribution in [0, 0.1) is 5.92 Å². The lowest BCUT2D eigenvalue weighted by Gasteiger charge is -2.34. The zero-order chi connectivity index (χ0) is 20.0. The zero-order valence-electron chi connectivity index (χ0n) is 16.1. The normalized spacial score (nSPS) is 18.2. The van der Waals surface area contributed by atoms with E-state index in [9.17, 15) is 18.0 Å². The van der Waals surface area contributed by atoms with Crippen LogP contribution in [0.2, 0.25) is 0 Å². The lowest BCUT2D eigenvalue weighted by atomic mass is 9.92. The number of likely N-dealkylation sites (tertiary alicyclic amines) is 1. The van der Waals surface area contributed by atoms with Crippen molar-refractivity contribution < 1.29 is 27.4 Å². The Morgan fingerprint density at radius 1 is 1.36 bits per heavy atom. The number of halogens is 4. The summed E-state index contributed by atoms with van der Waals surface area (Å²) in [5.41, 5.74) is 6.76. The van der Waals surface area contributed by atoms with E-state index in [2.05, 4.69) is 0 Å². The second-order valence-electron chi connectivity index (χ2n) is 6.99. The average Bonchev–Trinajstić information content (AvgIpc) is 2.64. The number of alkyl halides is 3. The van der Waals surface area contributed by atoms with Crippen molar-refractivity contribution in [3.8, 4) is 11.5 Å². The lowest BCUT2D eigenvalue weighted by Crippen LogP contribution is -2.45. The minimum Gasteiger partial charge on any atom is -0.493 e. The van der Waals surface area contributed by atoms with Crippen LogP contribution in [0.15, 0.2) is 18.2 Å². The molecule has 1 aromatic carbocycles. The van der Waals surface area contributed by atoms with Gasteiger partial charge in [0.1, 0.15) is 0 Å². The van der Waals surface area contributed by atoms with Crippen LogP contribution in [-0.2, 0) is 11.2 Å². The van der Waals surface area contributed by atoms with Gasteiger partial charge in [0.15, 0.2) is 18.1 Å². The van der Waals surface area contributed by atoms with Gasteiger partial charge >= 0.3 is 6.18 Å². The number of aryl methyl sites for hydroxylation is 1. The number of nitrogens with zero attached hydrogens (tertiary/aromatic N) is 1. The van der Waals surface area contributed by atoms with Gasteiger partial charge in [-0.3, -0.25) is 4.79 Å². The highest BCUT2D eigenvalue weighted by atomic mass is 35.5. The number of carbonyl (C=O) groups is 1. The summed E-state index contributed by atoms with van der Waals surface area (Å²) in [6, 6.07) is 4.77. The molecule has 9 heteroatoms. The van der Waals surface area contributed by atoms with E-state index in [4.69, 9.17) is 15.2 Å². The molecule has 5 nitrogen and oxygen atoms in total. The van der Waals surface area contributed by atoms with E-state index < -0.39 is 12.8 Å². The summed E-state index contributed by atoms with van der Waals surface area (Å²) in [5, 5.41) is 0. The van der Waals surface area contributed by atoms with Crippen LogP contribution in [0.4, 0.5) is 13.2 Å². The summed E-state index contributed by atoms with van der Waals surface area (Å²) in [6.45, 7) is 2.02. The maximum Gasteiger partial charge on any atom is 0.422 e. The molecule has 2 atom stereocenters. The molecule has 0 spiro atoms. The number of benzene rings is 1.